The summed E-state index contributed by atoms with van der Waals surface area (Å²) in [6.45, 7) is 1.71. The molecule has 1 unspecified atom stereocenters. The summed E-state index contributed by atoms with van der Waals surface area (Å²) in [7, 11) is 1.61. The Morgan fingerprint density at radius 3 is 2.82 bits per heavy atom. The number of imidazole rings is 1. The summed E-state index contributed by atoms with van der Waals surface area (Å²) >= 11 is 0. The number of carbonyl (C=O) groups excluding carboxylic acids is 2. The molecule has 1 aromatic carbocycles. The van der Waals surface area contributed by atoms with E-state index in [1.165, 1.54) is 18.6 Å². The number of benzene rings is 1. The predicted octanol–water partition coefficient (Wildman–Crippen LogP) is 1.53. The number of hydrogen-bond acceptors (Lipinski definition) is 7. The molecule has 10 nitrogen and oxygen atoms in total. The van der Waals surface area contributed by atoms with Gasteiger partial charge < -0.3 is 24.3 Å². The molecule has 2 aromatic heterocycles. The number of hydrogen-bond donors (Lipinski definition) is 1. The van der Waals surface area contributed by atoms with E-state index in [9.17, 15) is 9.59 Å². The molecule has 1 N–H and O–H groups in total. The van der Waals surface area contributed by atoms with Crippen molar-refractivity contribution in [2.24, 2.45) is 0 Å². The lowest BCUT2D eigenvalue weighted by atomic mass is 9.88. The molecule has 34 heavy (non-hydrogen) atoms. The fourth-order valence-electron chi connectivity index (χ4n) is 4.60. The normalized spacial score (nSPS) is 18.9. The van der Waals surface area contributed by atoms with Gasteiger partial charge in [-0.25, -0.2) is 9.97 Å². The monoisotopic (exact) mass is 462 g/mol. The SMILES string of the molecule is COc1cccc(CNC(=O)C2Cn3ccnc3C3(CCN(C(=O)c4cnccn4)CC3)O2)c1. The molecule has 176 valence electrons. The molecule has 5 rings (SSSR count). The molecule has 0 saturated carbocycles. The minimum absolute atomic E-state index is 0.158. The minimum atomic E-state index is -0.723. The summed E-state index contributed by atoms with van der Waals surface area (Å²) < 4.78 is 13.7. The third-order valence-corrected chi connectivity index (χ3v) is 6.39. The van der Waals surface area contributed by atoms with Gasteiger partial charge in [-0.1, -0.05) is 12.1 Å². The van der Waals surface area contributed by atoms with Crippen LogP contribution in [-0.2, 0) is 28.2 Å². The van der Waals surface area contributed by atoms with Crippen LogP contribution in [0, 0.1) is 0 Å². The van der Waals surface area contributed by atoms with Crippen molar-refractivity contribution in [3.63, 3.8) is 0 Å². The van der Waals surface area contributed by atoms with E-state index >= 15 is 0 Å². The van der Waals surface area contributed by atoms with Crippen molar-refractivity contribution < 1.29 is 19.1 Å². The third kappa shape index (κ3) is 4.24. The largest absolute Gasteiger partial charge is 0.497 e. The first-order valence-corrected chi connectivity index (χ1v) is 11.2. The Hall–Kier alpha value is -3.79. The number of carbonyl (C=O) groups is 2. The van der Waals surface area contributed by atoms with Crippen LogP contribution in [0.3, 0.4) is 0 Å². The Balaban J connectivity index is 1.27. The van der Waals surface area contributed by atoms with Crippen molar-refractivity contribution in [1.29, 1.82) is 0 Å². The van der Waals surface area contributed by atoms with Crippen LogP contribution in [0.1, 0.15) is 34.7 Å². The average molecular weight is 463 g/mol. The number of ether oxygens (including phenoxy) is 2. The highest BCUT2D eigenvalue weighted by Crippen LogP contribution is 2.40. The van der Waals surface area contributed by atoms with Gasteiger partial charge in [0, 0.05) is 57.3 Å². The van der Waals surface area contributed by atoms with Gasteiger partial charge in [-0.3, -0.25) is 14.6 Å². The summed E-state index contributed by atoms with van der Waals surface area (Å²) in [6.07, 6.45) is 8.54. The molecule has 2 aliphatic rings. The maximum atomic E-state index is 13.1. The highest BCUT2D eigenvalue weighted by molar-refractivity contribution is 5.92. The average Bonchev–Trinajstić information content (AvgIpc) is 3.38. The van der Waals surface area contributed by atoms with Crippen LogP contribution in [0.15, 0.2) is 55.2 Å². The van der Waals surface area contributed by atoms with Gasteiger partial charge in [0.2, 0.25) is 0 Å². The molecule has 1 atom stereocenters. The standard InChI is InChI=1S/C24H26N6O4/c1-33-18-4-2-3-17(13-18)14-28-21(31)20-16-30-12-9-27-23(30)24(34-20)5-10-29(11-6-24)22(32)19-15-25-7-8-26-19/h2-4,7-9,12-13,15,20H,5-6,10-11,14,16H2,1H3,(H,28,31). The Bertz CT molecular complexity index is 1170. The zero-order valence-electron chi connectivity index (χ0n) is 18.9. The van der Waals surface area contributed by atoms with E-state index in [4.69, 9.17) is 9.47 Å². The van der Waals surface area contributed by atoms with E-state index in [1.807, 2.05) is 35.0 Å². The minimum Gasteiger partial charge on any atom is -0.497 e. The molecule has 2 amide bonds. The lowest BCUT2D eigenvalue weighted by Crippen LogP contribution is -2.54. The molecule has 1 spiro atoms. The highest BCUT2D eigenvalue weighted by atomic mass is 16.5. The first-order chi connectivity index (χ1) is 16.6. The Kier molecular flexibility index (Phi) is 5.97. The van der Waals surface area contributed by atoms with E-state index in [2.05, 4.69) is 20.3 Å². The maximum Gasteiger partial charge on any atom is 0.274 e. The summed E-state index contributed by atoms with van der Waals surface area (Å²) in [5.74, 6) is 1.20. The van der Waals surface area contributed by atoms with Crippen molar-refractivity contribution >= 4 is 11.8 Å². The molecule has 2 aliphatic heterocycles. The fourth-order valence-corrected chi connectivity index (χ4v) is 4.60. The second kappa shape index (κ2) is 9.22. The first-order valence-electron chi connectivity index (χ1n) is 11.2. The van der Waals surface area contributed by atoms with Crippen LogP contribution >= 0.6 is 0 Å². The number of amides is 2. The lowest BCUT2D eigenvalue weighted by molar-refractivity contribution is -0.172. The molecule has 1 saturated heterocycles. The molecule has 0 radical (unpaired) electrons. The van der Waals surface area contributed by atoms with Gasteiger partial charge in [-0.2, -0.15) is 0 Å². The number of nitrogens with one attached hydrogen (secondary N) is 1. The molecular weight excluding hydrogens is 436 g/mol. The molecule has 0 bridgehead atoms. The van der Waals surface area contributed by atoms with Gasteiger partial charge >= 0.3 is 0 Å². The number of nitrogens with zero attached hydrogens (tertiary/aromatic N) is 5. The summed E-state index contributed by atoms with van der Waals surface area (Å²) in [6, 6.07) is 7.58. The Morgan fingerprint density at radius 2 is 2.06 bits per heavy atom. The second-order valence-electron chi connectivity index (χ2n) is 8.46. The van der Waals surface area contributed by atoms with Crippen LogP contribution in [0.4, 0.5) is 0 Å². The molecule has 4 heterocycles. The lowest BCUT2D eigenvalue weighted by Gasteiger charge is -2.45. The van der Waals surface area contributed by atoms with Gasteiger partial charge in [0.15, 0.2) is 6.10 Å². The van der Waals surface area contributed by atoms with E-state index in [1.54, 1.807) is 18.2 Å². The summed E-state index contributed by atoms with van der Waals surface area (Å²) in [5, 5.41) is 2.98. The van der Waals surface area contributed by atoms with Crippen LogP contribution in [0.25, 0.3) is 0 Å². The molecular formula is C24H26N6O4. The van der Waals surface area contributed by atoms with Gasteiger partial charge in [0.25, 0.3) is 11.8 Å². The number of likely N-dealkylation sites (tertiary alicyclic amines) is 1. The van der Waals surface area contributed by atoms with Gasteiger partial charge in [-0.05, 0) is 17.7 Å². The van der Waals surface area contributed by atoms with Crippen molar-refractivity contribution in [3.8, 4) is 5.75 Å². The van der Waals surface area contributed by atoms with Gasteiger partial charge in [-0.15, -0.1) is 0 Å². The quantitative estimate of drug-likeness (QED) is 0.612. The first kappa shape index (κ1) is 22.0. The fraction of sp³-hybridized carbons (Fsp3) is 0.375. The van der Waals surface area contributed by atoms with Crippen molar-refractivity contribution in [3.05, 3.63) is 72.3 Å². The highest BCUT2D eigenvalue weighted by Gasteiger charge is 2.47. The molecule has 10 heteroatoms. The molecule has 0 aliphatic carbocycles. The number of aromatic nitrogens is 4. The van der Waals surface area contributed by atoms with Crippen molar-refractivity contribution in [1.82, 2.24) is 29.7 Å². The molecule has 3 aromatic rings. The van der Waals surface area contributed by atoms with Gasteiger partial charge in [0.05, 0.1) is 19.9 Å². The zero-order valence-corrected chi connectivity index (χ0v) is 18.9. The van der Waals surface area contributed by atoms with Crippen molar-refractivity contribution in [2.75, 3.05) is 20.2 Å². The van der Waals surface area contributed by atoms with Crippen LogP contribution in [0.2, 0.25) is 0 Å². The smallest absolute Gasteiger partial charge is 0.274 e. The van der Waals surface area contributed by atoms with E-state index < -0.39 is 11.7 Å². The third-order valence-electron chi connectivity index (χ3n) is 6.39. The topological polar surface area (TPSA) is 111 Å². The van der Waals surface area contributed by atoms with Crippen LogP contribution in [0.5, 0.6) is 5.75 Å². The van der Waals surface area contributed by atoms with E-state index in [0.717, 1.165) is 17.1 Å². The predicted molar refractivity (Wildman–Crippen MR) is 121 cm³/mol. The van der Waals surface area contributed by atoms with E-state index in [0.29, 0.717) is 44.7 Å². The second-order valence-corrected chi connectivity index (χ2v) is 8.46. The van der Waals surface area contributed by atoms with Crippen molar-refractivity contribution in [2.45, 2.75) is 37.6 Å². The Morgan fingerprint density at radius 1 is 1.21 bits per heavy atom. The number of methoxy groups -OCH3 is 1. The van der Waals surface area contributed by atoms with E-state index in [-0.39, 0.29) is 11.8 Å². The summed E-state index contributed by atoms with van der Waals surface area (Å²) in [4.78, 5) is 40.2. The number of fused-ring (bicyclic) bond motifs is 2. The number of piperidine rings is 1. The zero-order chi connectivity index (χ0) is 23.5. The molecule has 1 fully saturated rings. The van der Waals surface area contributed by atoms with Crippen LogP contribution < -0.4 is 10.1 Å². The Labute approximate surface area is 196 Å². The van der Waals surface area contributed by atoms with Gasteiger partial charge in [0.1, 0.15) is 22.9 Å². The van der Waals surface area contributed by atoms with Crippen LogP contribution in [-0.4, -0.2) is 62.5 Å². The maximum absolute atomic E-state index is 13.1. The number of rotatable bonds is 5. The summed E-state index contributed by atoms with van der Waals surface area (Å²) in [5.41, 5.74) is 0.537.